The minimum absolute atomic E-state index is 0.0945. The van der Waals surface area contributed by atoms with Crippen LogP contribution in [0, 0.1) is 0 Å². The predicted octanol–water partition coefficient (Wildman–Crippen LogP) is 2.17. The number of primary sulfonamides is 1. The number of hydrogen-bond donors (Lipinski definition) is 1. The molecule has 2 aromatic carbocycles. The Morgan fingerprint density at radius 2 is 1.73 bits per heavy atom. The molecule has 0 heterocycles. The Morgan fingerprint density at radius 1 is 1.12 bits per heavy atom. The molecule has 2 aromatic rings. The third-order valence-electron chi connectivity index (χ3n) is 3.22. The summed E-state index contributed by atoms with van der Waals surface area (Å²) in [5.41, 5.74) is 0.0945. The van der Waals surface area contributed by atoms with E-state index < -0.39 is 28.6 Å². The molecule has 0 fully saturated rings. The van der Waals surface area contributed by atoms with Crippen LogP contribution in [0.5, 0.6) is 5.75 Å². The van der Waals surface area contributed by atoms with E-state index in [2.05, 4.69) is 4.74 Å². The van der Waals surface area contributed by atoms with Crippen molar-refractivity contribution in [1.82, 2.24) is 0 Å². The normalized spacial score (nSPS) is 10.9. The number of rotatable bonds is 5. The number of amides is 2. The molecule has 2 N–H and O–H groups in total. The number of anilines is 1. The van der Waals surface area contributed by atoms with Crippen molar-refractivity contribution < 1.29 is 27.5 Å². The first kappa shape index (κ1) is 19.7. The zero-order valence-corrected chi connectivity index (χ0v) is 15.2. The van der Waals surface area contributed by atoms with Gasteiger partial charge in [-0.05, 0) is 36.4 Å². The molecule has 0 aliphatic carbocycles. The molecule has 0 radical (unpaired) electrons. The number of para-hydroxylation sites is 1. The van der Waals surface area contributed by atoms with Gasteiger partial charge in [0.05, 0.1) is 22.7 Å². The summed E-state index contributed by atoms with van der Waals surface area (Å²) < 4.78 is 32.5. The van der Waals surface area contributed by atoms with Crippen LogP contribution in [0.4, 0.5) is 10.5 Å². The third kappa shape index (κ3) is 4.72. The Balaban J connectivity index is 2.23. The molecule has 0 spiro atoms. The summed E-state index contributed by atoms with van der Waals surface area (Å²) in [5.74, 6) is -0.461. The van der Waals surface area contributed by atoms with Crippen molar-refractivity contribution in [1.29, 1.82) is 0 Å². The highest BCUT2D eigenvalue weighted by Crippen LogP contribution is 2.24. The molecule has 0 aliphatic heterocycles. The fourth-order valence-corrected chi connectivity index (χ4v) is 2.70. The zero-order valence-electron chi connectivity index (χ0n) is 13.6. The summed E-state index contributed by atoms with van der Waals surface area (Å²) in [6.07, 6.45) is -0.957. The first-order chi connectivity index (χ1) is 12.2. The lowest BCUT2D eigenvalue weighted by molar-refractivity contribution is -0.120. The highest BCUT2D eigenvalue weighted by molar-refractivity contribution is 7.89. The van der Waals surface area contributed by atoms with E-state index in [1.807, 2.05) is 0 Å². The highest BCUT2D eigenvalue weighted by Gasteiger charge is 2.25. The van der Waals surface area contributed by atoms with E-state index in [1.54, 1.807) is 24.3 Å². The van der Waals surface area contributed by atoms with Crippen molar-refractivity contribution in [3.8, 4) is 5.75 Å². The van der Waals surface area contributed by atoms with Crippen LogP contribution in [-0.2, 0) is 19.6 Å². The van der Waals surface area contributed by atoms with Gasteiger partial charge in [-0.1, -0.05) is 23.7 Å². The summed E-state index contributed by atoms with van der Waals surface area (Å²) in [7, 11) is -2.79. The van der Waals surface area contributed by atoms with Gasteiger partial charge in [-0.3, -0.25) is 4.79 Å². The average molecular weight is 399 g/mol. The van der Waals surface area contributed by atoms with Crippen molar-refractivity contribution in [2.24, 2.45) is 5.14 Å². The van der Waals surface area contributed by atoms with Crippen LogP contribution in [0.25, 0.3) is 0 Å². The molecule has 10 heteroatoms. The second kappa shape index (κ2) is 8.17. The number of sulfonamides is 1. The molecule has 0 aromatic heterocycles. The molecule has 8 nitrogen and oxygen atoms in total. The Kier molecular flexibility index (Phi) is 6.19. The number of hydrogen-bond acceptors (Lipinski definition) is 6. The summed E-state index contributed by atoms with van der Waals surface area (Å²) in [6, 6.07) is 11.4. The number of nitrogens with two attached hydrogens (primary N) is 1. The van der Waals surface area contributed by atoms with Gasteiger partial charge in [0, 0.05) is 0 Å². The van der Waals surface area contributed by atoms with Crippen molar-refractivity contribution >= 4 is 39.3 Å². The number of nitrogens with zero attached hydrogens (tertiary/aromatic N) is 1. The minimum atomic E-state index is -3.90. The Morgan fingerprint density at radius 3 is 2.27 bits per heavy atom. The van der Waals surface area contributed by atoms with E-state index in [1.165, 1.54) is 24.3 Å². The number of benzene rings is 2. The van der Waals surface area contributed by atoms with E-state index in [9.17, 15) is 18.0 Å². The summed E-state index contributed by atoms with van der Waals surface area (Å²) in [4.78, 5) is 24.9. The molecule has 0 atom stereocenters. The van der Waals surface area contributed by atoms with E-state index >= 15 is 0 Å². The summed E-state index contributed by atoms with van der Waals surface area (Å²) in [6.45, 7) is -0.490. The largest absolute Gasteiger partial charge is 0.482 e. The molecule has 0 saturated heterocycles. The van der Waals surface area contributed by atoms with Crippen LogP contribution in [0.2, 0.25) is 5.02 Å². The van der Waals surface area contributed by atoms with Gasteiger partial charge in [0.25, 0.3) is 5.91 Å². The topological polar surface area (TPSA) is 116 Å². The lowest BCUT2D eigenvalue weighted by atomic mass is 10.3. The third-order valence-corrected chi connectivity index (χ3v) is 4.46. The zero-order chi connectivity index (χ0) is 19.3. The smallest absolute Gasteiger partial charge is 0.421 e. The average Bonchev–Trinajstić information content (AvgIpc) is 2.60. The number of methoxy groups -OCH3 is 1. The summed E-state index contributed by atoms with van der Waals surface area (Å²) in [5, 5.41) is 5.33. The van der Waals surface area contributed by atoms with Gasteiger partial charge >= 0.3 is 6.09 Å². The van der Waals surface area contributed by atoms with E-state index in [4.69, 9.17) is 21.5 Å². The molecule has 0 unspecified atom stereocenters. The van der Waals surface area contributed by atoms with Crippen molar-refractivity contribution in [3.63, 3.8) is 0 Å². The first-order valence-corrected chi connectivity index (χ1v) is 9.07. The molecule has 0 aliphatic rings. The Bertz CT molecular complexity index is 915. The molecular formula is C16H15ClN2O6S. The standard InChI is InChI=1S/C16H15ClN2O6S/c1-24-16(21)19(11-6-8-12(9-7-11)26(18,22)23)15(20)10-25-14-5-3-2-4-13(14)17/h2-9H,10H2,1H3,(H2,18,22,23). The quantitative estimate of drug-likeness (QED) is 0.824. The molecule has 138 valence electrons. The van der Waals surface area contributed by atoms with Crippen LogP contribution in [0.1, 0.15) is 0 Å². The first-order valence-electron chi connectivity index (χ1n) is 7.15. The van der Waals surface area contributed by atoms with Crippen molar-refractivity contribution in [3.05, 3.63) is 53.6 Å². The van der Waals surface area contributed by atoms with Crippen LogP contribution < -0.4 is 14.8 Å². The molecule has 26 heavy (non-hydrogen) atoms. The van der Waals surface area contributed by atoms with E-state index in [0.29, 0.717) is 9.92 Å². The number of ether oxygens (including phenoxy) is 2. The van der Waals surface area contributed by atoms with Crippen molar-refractivity contribution in [2.75, 3.05) is 18.6 Å². The fourth-order valence-electron chi connectivity index (χ4n) is 1.99. The van der Waals surface area contributed by atoms with Crippen molar-refractivity contribution in [2.45, 2.75) is 4.90 Å². The number of imide groups is 1. The Hall–Kier alpha value is -2.62. The monoisotopic (exact) mass is 398 g/mol. The molecule has 2 rings (SSSR count). The maximum Gasteiger partial charge on any atom is 0.421 e. The molecule has 0 bridgehead atoms. The number of halogens is 1. The number of carbonyl (C=O) groups is 2. The second-order valence-corrected chi connectivity index (χ2v) is 6.93. The van der Waals surface area contributed by atoms with Gasteiger partial charge in [-0.25, -0.2) is 23.3 Å². The van der Waals surface area contributed by atoms with Crippen LogP contribution in [-0.4, -0.2) is 34.1 Å². The van der Waals surface area contributed by atoms with Crippen LogP contribution >= 0.6 is 11.6 Å². The van der Waals surface area contributed by atoms with E-state index in [-0.39, 0.29) is 16.3 Å². The maximum absolute atomic E-state index is 12.4. The summed E-state index contributed by atoms with van der Waals surface area (Å²) >= 11 is 5.94. The fraction of sp³-hybridized carbons (Fsp3) is 0.125. The Labute approximate surface area is 155 Å². The molecular weight excluding hydrogens is 384 g/mol. The van der Waals surface area contributed by atoms with Gasteiger partial charge in [0.15, 0.2) is 6.61 Å². The number of carbonyl (C=O) groups excluding carboxylic acids is 2. The second-order valence-electron chi connectivity index (χ2n) is 4.96. The SMILES string of the molecule is COC(=O)N(C(=O)COc1ccccc1Cl)c1ccc(S(N)(=O)=O)cc1. The predicted molar refractivity (Wildman–Crippen MR) is 94.7 cm³/mol. The lowest BCUT2D eigenvalue weighted by Crippen LogP contribution is -2.40. The molecule has 0 saturated carbocycles. The lowest BCUT2D eigenvalue weighted by Gasteiger charge is -2.20. The van der Waals surface area contributed by atoms with Gasteiger partial charge in [0.1, 0.15) is 5.75 Å². The van der Waals surface area contributed by atoms with E-state index in [0.717, 1.165) is 7.11 Å². The maximum atomic E-state index is 12.4. The molecule has 2 amide bonds. The van der Waals surface area contributed by atoms with Gasteiger partial charge in [-0.15, -0.1) is 0 Å². The van der Waals surface area contributed by atoms with Gasteiger partial charge in [-0.2, -0.15) is 0 Å². The highest BCUT2D eigenvalue weighted by atomic mass is 35.5. The minimum Gasteiger partial charge on any atom is -0.482 e. The van der Waals surface area contributed by atoms with Gasteiger partial charge in [0.2, 0.25) is 10.0 Å². The van der Waals surface area contributed by atoms with Crippen LogP contribution in [0.3, 0.4) is 0 Å². The van der Waals surface area contributed by atoms with Gasteiger partial charge < -0.3 is 9.47 Å². The van der Waals surface area contributed by atoms with Crippen LogP contribution in [0.15, 0.2) is 53.4 Å².